The lowest BCUT2D eigenvalue weighted by Crippen LogP contribution is -1.92. The minimum absolute atomic E-state index is 0.380. The van der Waals surface area contributed by atoms with E-state index in [-0.39, 0.29) is 0 Å². The molecule has 0 saturated heterocycles. The summed E-state index contributed by atoms with van der Waals surface area (Å²) < 4.78 is 0. The van der Waals surface area contributed by atoms with E-state index < -0.39 is 0 Å². The fourth-order valence-electron chi connectivity index (χ4n) is 0.657. The van der Waals surface area contributed by atoms with Gasteiger partial charge >= 0.3 is 0 Å². The zero-order chi connectivity index (χ0) is 9.56. The molecular weight excluding hydrogens is 166 g/mol. The van der Waals surface area contributed by atoms with Crippen LogP contribution in [0.2, 0.25) is 0 Å². The van der Waals surface area contributed by atoms with Crippen LogP contribution in [0.1, 0.15) is 13.8 Å². The molecule has 0 bridgehead atoms. The van der Waals surface area contributed by atoms with Gasteiger partial charge in [-0.15, -0.1) is 12.6 Å². The quantitative estimate of drug-likeness (QED) is 0.296. The Labute approximate surface area is 80.0 Å². The highest BCUT2D eigenvalue weighted by Crippen LogP contribution is 2.12. The molecule has 0 aromatic rings. The van der Waals surface area contributed by atoms with Gasteiger partial charge in [0.1, 0.15) is 0 Å². The Morgan fingerprint density at radius 3 is 2.33 bits per heavy atom. The fraction of sp³-hybridized carbons (Fsp3) is 0.300. The molecule has 0 unspecified atom stereocenters. The molecule has 12 heavy (non-hydrogen) atoms. The van der Waals surface area contributed by atoms with Gasteiger partial charge in [-0.3, -0.25) is 0 Å². The second kappa shape index (κ2) is 5.84. The Bertz CT molecular complexity index is 224. The van der Waals surface area contributed by atoms with Crippen LogP contribution in [0.25, 0.3) is 0 Å². The molecule has 0 aliphatic carbocycles. The summed E-state index contributed by atoms with van der Waals surface area (Å²) in [4.78, 5) is 4.24. The molecule has 0 aliphatic heterocycles. The van der Waals surface area contributed by atoms with Crippen LogP contribution in [0.3, 0.4) is 0 Å². The van der Waals surface area contributed by atoms with Crippen LogP contribution in [0.15, 0.2) is 42.1 Å². The van der Waals surface area contributed by atoms with Gasteiger partial charge in [-0.2, -0.15) is 0 Å². The second-order valence-electron chi connectivity index (χ2n) is 2.66. The summed E-state index contributed by atoms with van der Waals surface area (Å²) in [5, 5.41) is 0.636. The van der Waals surface area contributed by atoms with Crippen molar-refractivity contribution in [3.63, 3.8) is 0 Å². The Morgan fingerprint density at radius 2 is 2.00 bits per heavy atom. The Hall–Kier alpha value is -0.760. The van der Waals surface area contributed by atoms with Gasteiger partial charge in [0.05, 0.1) is 5.04 Å². The summed E-state index contributed by atoms with van der Waals surface area (Å²) in [6.07, 6.45) is 5.22. The lowest BCUT2D eigenvalue weighted by molar-refractivity contribution is 0.759. The van der Waals surface area contributed by atoms with Gasteiger partial charge in [-0.05, 0) is 18.1 Å². The van der Waals surface area contributed by atoms with E-state index in [4.69, 9.17) is 0 Å². The summed E-state index contributed by atoms with van der Waals surface area (Å²) >= 11 is 4.11. The Morgan fingerprint density at radius 1 is 1.42 bits per heavy atom. The maximum atomic E-state index is 4.24. The highest BCUT2D eigenvalue weighted by atomic mass is 32.1. The number of thiol groups is 1. The maximum absolute atomic E-state index is 4.24. The first-order valence-corrected chi connectivity index (χ1v) is 4.29. The zero-order valence-corrected chi connectivity index (χ0v) is 8.51. The smallest absolute Gasteiger partial charge is 0.0926 e. The predicted molar refractivity (Wildman–Crippen MR) is 59.7 cm³/mol. The predicted octanol–water partition coefficient (Wildman–Crippen LogP) is 3.23. The number of hydrogen-bond acceptors (Lipinski definition) is 1. The van der Waals surface area contributed by atoms with Crippen molar-refractivity contribution in [1.82, 2.24) is 0 Å². The van der Waals surface area contributed by atoms with Crippen LogP contribution in [-0.2, 0) is 0 Å². The average molecular weight is 181 g/mol. The molecule has 0 radical (unpaired) electrons. The first-order chi connectivity index (χ1) is 5.61. The molecule has 0 aromatic carbocycles. The molecule has 0 atom stereocenters. The summed E-state index contributed by atoms with van der Waals surface area (Å²) in [7, 11) is 0. The SMILES string of the molecule is C=C/C=C(\N=C(\S)C=C)C(C)C. The van der Waals surface area contributed by atoms with Crippen LogP contribution in [0.4, 0.5) is 0 Å². The van der Waals surface area contributed by atoms with Gasteiger partial charge in [-0.1, -0.05) is 33.1 Å². The molecule has 0 rings (SSSR count). The largest absolute Gasteiger partial charge is 0.247 e. The molecular formula is C10H15NS. The van der Waals surface area contributed by atoms with Gasteiger partial charge in [0.2, 0.25) is 0 Å². The summed E-state index contributed by atoms with van der Waals surface area (Å²) in [6.45, 7) is 11.3. The number of hydrogen-bond donors (Lipinski definition) is 1. The summed E-state index contributed by atoms with van der Waals surface area (Å²) in [6, 6.07) is 0. The molecule has 66 valence electrons. The highest BCUT2D eigenvalue weighted by molar-refractivity contribution is 7.97. The van der Waals surface area contributed by atoms with E-state index >= 15 is 0 Å². The molecule has 0 aromatic heterocycles. The molecule has 0 fully saturated rings. The van der Waals surface area contributed by atoms with Crippen LogP contribution in [0, 0.1) is 5.92 Å². The number of aliphatic imine (C=N–C) groups is 1. The van der Waals surface area contributed by atoms with Crippen LogP contribution in [0.5, 0.6) is 0 Å². The summed E-state index contributed by atoms with van der Waals surface area (Å²) in [5.41, 5.74) is 0.968. The summed E-state index contributed by atoms with van der Waals surface area (Å²) in [5.74, 6) is 0.380. The van der Waals surface area contributed by atoms with E-state index in [0.717, 1.165) is 5.70 Å². The third-order valence-corrected chi connectivity index (χ3v) is 1.59. The van der Waals surface area contributed by atoms with Crippen molar-refractivity contribution in [3.8, 4) is 0 Å². The number of rotatable bonds is 4. The van der Waals surface area contributed by atoms with E-state index in [1.54, 1.807) is 12.2 Å². The lowest BCUT2D eigenvalue weighted by atomic mass is 10.1. The number of allylic oxidation sites excluding steroid dienone is 3. The molecule has 0 amide bonds. The number of nitrogens with zero attached hydrogens (tertiary/aromatic N) is 1. The zero-order valence-electron chi connectivity index (χ0n) is 7.62. The van der Waals surface area contributed by atoms with Crippen molar-refractivity contribution < 1.29 is 0 Å². The third-order valence-electron chi connectivity index (χ3n) is 1.31. The van der Waals surface area contributed by atoms with E-state index in [2.05, 4.69) is 44.6 Å². The van der Waals surface area contributed by atoms with Crippen molar-refractivity contribution in [3.05, 3.63) is 37.1 Å². The van der Waals surface area contributed by atoms with Crippen LogP contribution in [-0.4, -0.2) is 5.04 Å². The minimum atomic E-state index is 0.380. The molecule has 0 heterocycles. The first-order valence-electron chi connectivity index (χ1n) is 3.84. The van der Waals surface area contributed by atoms with E-state index in [1.807, 2.05) is 6.08 Å². The van der Waals surface area contributed by atoms with Gasteiger partial charge in [-0.25, -0.2) is 4.99 Å². The Kier molecular flexibility index (Phi) is 5.47. The Balaban J connectivity index is 4.65. The van der Waals surface area contributed by atoms with E-state index in [1.165, 1.54) is 0 Å². The standard InChI is InChI=1S/C10H15NS/c1-5-7-9(8(3)4)11-10(12)6-2/h5-8H,1-2H2,3-4H3,(H,11,12)/b9-7-. The maximum Gasteiger partial charge on any atom is 0.0926 e. The topological polar surface area (TPSA) is 12.4 Å². The van der Waals surface area contributed by atoms with Gasteiger partial charge in [0, 0.05) is 5.70 Å². The van der Waals surface area contributed by atoms with Crippen molar-refractivity contribution in [2.24, 2.45) is 10.9 Å². The monoisotopic (exact) mass is 181 g/mol. The van der Waals surface area contributed by atoms with Crippen molar-refractivity contribution in [1.29, 1.82) is 0 Å². The first kappa shape index (κ1) is 11.2. The average Bonchev–Trinajstić information content (AvgIpc) is 2.03. The normalized spacial score (nSPS) is 13.3. The molecule has 1 nitrogen and oxygen atoms in total. The lowest BCUT2D eigenvalue weighted by Gasteiger charge is -2.04. The van der Waals surface area contributed by atoms with Crippen LogP contribution >= 0.6 is 12.6 Å². The van der Waals surface area contributed by atoms with Crippen molar-refractivity contribution in [2.75, 3.05) is 0 Å². The molecule has 0 N–H and O–H groups in total. The highest BCUT2D eigenvalue weighted by Gasteiger charge is 1.99. The molecule has 0 saturated carbocycles. The second-order valence-corrected chi connectivity index (χ2v) is 3.11. The van der Waals surface area contributed by atoms with Gasteiger partial charge in [0.25, 0.3) is 0 Å². The third kappa shape index (κ3) is 4.19. The molecule has 2 heteroatoms. The van der Waals surface area contributed by atoms with Crippen LogP contribution < -0.4 is 0 Å². The van der Waals surface area contributed by atoms with Gasteiger partial charge in [0.15, 0.2) is 0 Å². The molecule has 0 aliphatic rings. The molecule has 0 spiro atoms. The van der Waals surface area contributed by atoms with Crippen molar-refractivity contribution >= 4 is 17.7 Å². The van der Waals surface area contributed by atoms with E-state index in [9.17, 15) is 0 Å². The van der Waals surface area contributed by atoms with E-state index in [0.29, 0.717) is 11.0 Å². The van der Waals surface area contributed by atoms with Crippen molar-refractivity contribution in [2.45, 2.75) is 13.8 Å². The minimum Gasteiger partial charge on any atom is -0.247 e. The van der Waals surface area contributed by atoms with Gasteiger partial charge < -0.3 is 0 Å². The fourth-order valence-corrected chi connectivity index (χ4v) is 0.773.